The fourth-order valence-corrected chi connectivity index (χ4v) is 7.60. The van der Waals surface area contributed by atoms with Crippen LogP contribution in [0.1, 0.15) is 75.3 Å². The maximum Gasteiger partial charge on any atom is 0.407 e. The van der Waals surface area contributed by atoms with Crippen molar-refractivity contribution in [3.05, 3.63) is 71.0 Å². The summed E-state index contributed by atoms with van der Waals surface area (Å²) in [4.78, 5) is 12.3. The van der Waals surface area contributed by atoms with Gasteiger partial charge in [-0.05, 0) is 70.6 Å². The summed E-state index contributed by atoms with van der Waals surface area (Å²) in [5, 5.41) is 2.23. The number of benzene rings is 2. The van der Waals surface area contributed by atoms with Gasteiger partial charge in [0.25, 0.3) is 0 Å². The average Bonchev–Trinajstić information content (AvgIpc) is 2.86. The van der Waals surface area contributed by atoms with Crippen molar-refractivity contribution in [2.24, 2.45) is 0 Å². The Morgan fingerprint density at radius 2 is 1.82 bits per heavy atom. The van der Waals surface area contributed by atoms with Crippen molar-refractivity contribution in [1.29, 1.82) is 0 Å². The summed E-state index contributed by atoms with van der Waals surface area (Å²) in [6, 6.07) is 14.0. The molecule has 1 N–H and O–H groups in total. The molecule has 0 aliphatic carbocycles. The molecule has 0 radical (unpaired) electrons. The summed E-state index contributed by atoms with van der Waals surface area (Å²) in [5.41, 5.74) is 0.734. The Bertz CT molecular complexity index is 1220. The lowest BCUT2D eigenvalue weighted by molar-refractivity contribution is 0.0372. The lowest BCUT2D eigenvalue weighted by Crippen LogP contribution is -2.46. The largest absolute Gasteiger partial charge is 0.444 e. The van der Waals surface area contributed by atoms with Crippen LogP contribution in [0, 0.1) is 5.82 Å². The minimum atomic E-state index is -3.67. The van der Waals surface area contributed by atoms with Crippen molar-refractivity contribution in [3.8, 4) is 0 Å². The zero-order valence-corrected chi connectivity index (χ0v) is 23.5. The van der Waals surface area contributed by atoms with E-state index in [1.54, 1.807) is 26.8 Å². The molecule has 7 nitrogen and oxygen atoms in total. The first-order valence-electron chi connectivity index (χ1n) is 13.3. The van der Waals surface area contributed by atoms with Crippen LogP contribution in [0.25, 0.3) is 0 Å². The molecule has 0 bridgehead atoms. The van der Waals surface area contributed by atoms with Crippen LogP contribution in [0.5, 0.6) is 0 Å². The molecule has 2 aromatic carbocycles. The van der Waals surface area contributed by atoms with Gasteiger partial charge in [-0.25, -0.2) is 17.6 Å². The van der Waals surface area contributed by atoms with Crippen molar-refractivity contribution < 1.29 is 27.1 Å². The number of nitrogens with zero attached hydrogens (tertiary/aromatic N) is 1. The van der Waals surface area contributed by atoms with E-state index in [-0.39, 0.29) is 12.6 Å². The fourth-order valence-electron chi connectivity index (χ4n) is 5.41. The van der Waals surface area contributed by atoms with Crippen LogP contribution >= 0.6 is 0 Å². The van der Waals surface area contributed by atoms with Crippen molar-refractivity contribution >= 4 is 16.1 Å². The topological polar surface area (TPSA) is 84.9 Å². The Morgan fingerprint density at radius 3 is 2.45 bits per heavy atom. The molecule has 2 aliphatic rings. The minimum Gasteiger partial charge on any atom is -0.444 e. The van der Waals surface area contributed by atoms with Crippen LogP contribution in [-0.4, -0.2) is 50.2 Å². The molecule has 2 aliphatic heterocycles. The van der Waals surface area contributed by atoms with Gasteiger partial charge in [0.2, 0.25) is 10.0 Å². The quantitative estimate of drug-likeness (QED) is 0.521. The Morgan fingerprint density at radius 1 is 1.13 bits per heavy atom. The predicted octanol–water partition coefficient (Wildman–Crippen LogP) is 5.45. The lowest BCUT2D eigenvalue weighted by atomic mass is 9.74. The van der Waals surface area contributed by atoms with Gasteiger partial charge in [-0.3, -0.25) is 0 Å². The van der Waals surface area contributed by atoms with Crippen LogP contribution < -0.4 is 5.32 Å². The van der Waals surface area contributed by atoms with Crippen LogP contribution in [-0.2, 0) is 31.5 Å². The molecule has 0 aromatic heterocycles. The van der Waals surface area contributed by atoms with E-state index in [9.17, 15) is 13.2 Å². The maximum atomic E-state index is 15.6. The highest BCUT2D eigenvalue weighted by Gasteiger charge is 2.41. The van der Waals surface area contributed by atoms with E-state index in [4.69, 9.17) is 9.47 Å². The van der Waals surface area contributed by atoms with Crippen LogP contribution in [0.4, 0.5) is 9.18 Å². The number of carbonyl (C=O) groups excluding carboxylic acids is 1. The molecule has 1 amide bonds. The van der Waals surface area contributed by atoms with Crippen molar-refractivity contribution in [3.63, 3.8) is 0 Å². The first-order valence-corrected chi connectivity index (χ1v) is 14.8. The Balaban J connectivity index is 1.55. The van der Waals surface area contributed by atoms with E-state index in [0.717, 1.165) is 11.1 Å². The molecular weight excluding hydrogens is 507 g/mol. The molecule has 2 saturated heterocycles. The first kappa shape index (κ1) is 28.5. The summed E-state index contributed by atoms with van der Waals surface area (Å²) < 4.78 is 55.2. The van der Waals surface area contributed by atoms with Crippen LogP contribution in [0.2, 0.25) is 0 Å². The third kappa shape index (κ3) is 6.38. The van der Waals surface area contributed by atoms with Crippen molar-refractivity contribution in [2.45, 2.75) is 82.2 Å². The summed E-state index contributed by atoms with van der Waals surface area (Å²) in [5.74, 6) is -0.449. The zero-order chi connectivity index (χ0) is 27.6. The van der Waals surface area contributed by atoms with Crippen molar-refractivity contribution in [2.75, 3.05) is 19.8 Å². The lowest BCUT2D eigenvalue weighted by Gasteiger charge is -2.39. The minimum absolute atomic E-state index is 0.0226. The van der Waals surface area contributed by atoms with Crippen LogP contribution in [0.3, 0.4) is 0 Å². The number of carbonyl (C=O) groups is 1. The Kier molecular flexibility index (Phi) is 8.49. The molecule has 9 heteroatoms. The number of amides is 1. The van der Waals surface area contributed by atoms with E-state index in [1.807, 2.05) is 43.3 Å². The molecule has 0 saturated carbocycles. The summed E-state index contributed by atoms with van der Waals surface area (Å²) in [7, 11) is -3.67. The van der Waals surface area contributed by atoms with E-state index in [0.29, 0.717) is 51.0 Å². The maximum absolute atomic E-state index is 15.6. The summed E-state index contributed by atoms with van der Waals surface area (Å²) in [6.45, 7) is 8.56. The van der Waals surface area contributed by atoms with Gasteiger partial charge < -0.3 is 14.8 Å². The van der Waals surface area contributed by atoms with Gasteiger partial charge >= 0.3 is 6.09 Å². The molecule has 0 spiro atoms. The zero-order valence-electron chi connectivity index (χ0n) is 22.7. The summed E-state index contributed by atoms with van der Waals surface area (Å²) >= 11 is 0. The highest BCUT2D eigenvalue weighted by molar-refractivity contribution is 7.89. The second-order valence-electron chi connectivity index (χ2n) is 11.5. The van der Waals surface area contributed by atoms with Gasteiger partial charge in [0, 0.05) is 43.3 Å². The Labute approximate surface area is 225 Å². The van der Waals surface area contributed by atoms with E-state index in [1.165, 1.54) is 10.4 Å². The van der Waals surface area contributed by atoms with Gasteiger partial charge in [-0.1, -0.05) is 42.5 Å². The SMILES string of the molecule is CC1CCC(c2ccccc2)S(=O)(=O)N1Cc1ccc(C2(CNC(=O)OC(C)(C)C)CCOCC2)cc1F. The fraction of sp³-hybridized carbons (Fsp3) is 0.552. The molecular formula is C29H39FN2O5S. The number of nitrogens with one attached hydrogen (secondary N) is 1. The molecule has 2 fully saturated rings. The highest BCUT2D eigenvalue weighted by Crippen LogP contribution is 2.39. The standard InChI is InChI=1S/C29H39FN2O5S/c1-21-10-13-26(22-8-6-5-7-9-22)38(34,35)32(21)19-23-11-12-24(18-25(23)30)29(14-16-36-17-15-29)20-31-27(33)37-28(2,3)4/h5-9,11-12,18,21,26H,10,13-17,19-20H2,1-4H3,(H,31,33). The number of hydrogen-bond donors (Lipinski definition) is 1. The molecule has 208 valence electrons. The van der Waals surface area contributed by atoms with Gasteiger partial charge in [-0.15, -0.1) is 0 Å². The smallest absolute Gasteiger partial charge is 0.407 e. The molecule has 2 aromatic rings. The van der Waals surface area contributed by atoms with E-state index in [2.05, 4.69) is 5.32 Å². The normalized spacial score (nSPS) is 23.5. The molecule has 2 unspecified atom stereocenters. The van der Waals surface area contributed by atoms with Gasteiger partial charge in [0.15, 0.2) is 0 Å². The first-order chi connectivity index (χ1) is 17.9. The number of ether oxygens (including phenoxy) is 2. The molecule has 38 heavy (non-hydrogen) atoms. The van der Waals surface area contributed by atoms with Gasteiger partial charge in [0.05, 0.1) is 0 Å². The summed E-state index contributed by atoms with van der Waals surface area (Å²) in [6.07, 6.45) is 1.98. The van der Waals surface area contributed by atoms with E-state index >= 15 is 4.39 Å². The third-order valence-electron chi connectivity index (χ3n) is 7.61. The predicted molar refractivity (Wildman–Crippen MR) is 145 cm³/mol. The number of alkyl carbamates (subject to hydrolysis) is 1. The number of hydrogen-bond acceptors (Lipinski definition) is 5. The second-order valence-corrected chi connectivity index (χ2v) is 13.5. The monoisotopic (exact) mass is 546 g/mol. The van der Waals surface area contributed by atoms with Crippen molar-refractivity contribution in [1.82, 2.24) is 9.62 Å². The number of sulfonamides is 1. The second kappa shape index (κ2) is 11.3. The third-order valence-corrected chi connectivity index (χ3v) is 9.98. The molecule has 2 heterocycles. The number of halogens is 1. The van der Waals surface area contributed by atoms with Gasteiger partial charge in [-0.2, -0.15) is 4.31 Å². The number of rotatable bonds is 6. The van der Waals surface area contributed by atoms with Gasteiger partial charge in [0.1, 0.15) is 16.7 Å². The van der Waals surface area contributed by atoms with E-state index < -0.39 is 38.2 Å². The molecule has 2 atom stereocenters. The highest BCUT2D eigenvalue weighted by atomic mass is 32.2. The van der Waals surface area contributed by atoms with Crippen LogP contribution in [0.15, 0.2) is 48.5 Å². The average molecular weight is 547 g/mol. The molecule has 4 rings (SSSR count). The Hall–Kier alpha value is -2.49.